The number of benzene rings is 1. The van der Waals surface area contributed by atoms with Crippen molar-refractivity contribution in [2.45, 2.75) is 31.5 Å². The number of amides is 1. The summed E-state index contributed by atoms with van der Waals surface area (Å²) in [6, 6.07) is 4.60. The van der Waals surface area contributed by atoms with Gasteiger partial charge in [0.25, 0.3) is 0 Å². The maximum Gasteiger partial charge on any atom is 0.416 e. The molecule has 1 aromatic rings. The first kappa shape index (κ1) is 14.8. The van der Waals surface area contributed by atoms with Crippen LogP contribution in [0.15, 0.2) is 24.3 Å². The van der Waals surface area contributed by atoms with Gasteiger partial charge in [-0.15, -0.1) is 0 Å². The van der Waals surface area contributed by atoms with E-state index in [9.17, 15) is 18.0 Å². The number of halogens is 3. The number of carbonyl (C=O) groups excluding carboxylic acids is 1. The van der Waals surface area contributed by atoms with Gasteiger partial charge in [0.2, 0.25) is 5.91 Å². The monoisotopic (exact) mass is 287 g/mol. The Morgan fingerprint density at radius 1 is 1.40 bits per heavy atom. The highest BCUT2D eigenvalue weighted by molar-refractivity contribution is 5.79. The van der Waals surface area contributed by atoms with Crippen molar-refractivity contribution in [1.29, 1.82) is 0 Å². The van der Waals surface area contributed by atoms with Crippen molar-refractivity contribution < 1.29 is 23.1 Å². The number of carbonyl (C=O) groups is 1. The second-order valence-electron chi connectivity index (χ2n) is 4.94. The summed E-state index contributed by atoms with van der Waals surface area (Å²) in [6.07, 6.45) is -2.91. The van der Waals surface area contributed by atoms with E-state index < -0.39 is 11.7 Å². The standard InChI is InChI=1S/C14H16F3NO2/c15-14(16,17)11-4-1-3-10(7-11)8-13(20)18-6-2-5-12(18)9-19/h1,3-4,7,12,19H,2,5-6,8-9H2/t12-/m0/s1. The highest BCUT2D eigenvalue weighted by atomic mass is 19.4. The van der Waals surface area contributed by atoms with Crippen LogP contribution in [0.2, 0.25) is 0 Å². The van der Waals surface area contributed by atoms with Gasteiger partial charge in [-0.2, -0.15) is 13.2 Å². The molecule has 1 N–H and O–H groups in total. The van der Waals surface area contributed by atoms with E-state index in [0.717, 1.165) is 25.0 Å². The van der Waals surface area contributed by atoms with Crippen molar-refractivity contribution in [3.8, 4) is 0 Å². The van der Waals surface area contributed by atoms with Gasteiger partial charge in [-0.1, -0.05) is 18.2 Å². The number of likely N-dealkylation sites (tertiary alicyclic amines) is 1. The van der Waals surface area contributed by atoms with Crippen LogP contribution in [0.1, 0.15) is 24.0 Å². The quantitative estimate of drug-likeness (QED) is 0.926. The Morgan fingerprint density at radius 3 is 2.80 bits per heavy atom. The van der Waals surface area contributed by atoms with Crippen molar-refractivity contribution in [2.75, 3.05) is 13.2 Å². The number of rotatable bonds is 3. The fourth-order valence-electron chi connectivity index (χ4n) is 2.49. The molecular formula is C14H16F3NO2. The van der Waals surface area contributed by atoms with Gasteiger partial charge < -0.3 is 10.0 Å². The molecule has 20 heavy (non-hydrogen) atoms. The Hall–Kier alpha value is -1.56. The number of nitrogens with zero attached hydrogens (tertiary/aromatic N) is 1. The molecule has 1 aliphatic rings. The van der Waals surface area contributed by atoms with Crippen molar-refractivity contribution >= 4 is 5.91 Å². The number of aliphatic hydroxyl groups is 1. The molecule has 1 heterocycles. The Bertz CT molecular complexity index is 488. The third-order valence-electron chi connectivity index (χ3n) is 3.52. The van der Waals surface area contributed by atoms with Crippen LogP contribution in [0.25, 0.3) is 0 Å². The van der Waals surface area contributed by atoms with E-state index in [0.29, 0.717) is 12.1 Å². The first-order chi connectivity index (χ1) is 9.41. The van der Waals surface area contributed by atoms with Crippen molar-refractivity contribution in [2.24, 2.45) is 0 Å². The Balaban J connectivity index is 2.08. The Labute approximate surface area is 115 Å². The van der Waals surface area contributed by atoms with E-state index in [-0.39, 0.29) is 25.0 Å². The van der Waals surface area contributed by atoms with E-state index in [1.807, 2.05) is 0 Å². The number of hydrogen-bond acceptors (Lipinski definition) is 2. The van der Waals surface area contributed by atoms with E-state index in [1.165, 1.54) is 12.1 Å². The molecule has 1 aromatic carbocycles. The van der Waals surface area contributed by atoms with Gasteiger partial charge >= 0.3 is 6.18 Å². The zero-order valence-electron chi connectivity index (χ0n) is 10.9. The molecular weight excluding hydrogens is 271 g/mol. The summed E-state index contributed by atoms with van der Waals surface area (Å²) >= 11 is 0. The average Bonchev–Trinajstić information content (AvgIpc) is 2.86. The zero-order chi connectivity index (χ0) is 14.8. The molecule has 0 unspecified atom stereocenters. The number of alkyl halides is 3. The fraction of sp³-hybridized carbons (Fsp3) is 0.500. The van der Waals surface area contributed by atoms with Gasteiger partial charge in [-0.3, -0.25) is 4.79 Å². The number of hydrogen-bond donors (Lipinski definition) is 1. The van der Waals surface area contributed by atoms with Gasteiger partial charge in [0.05, 0.1) is 24.6 Å². The topological polar surface area (TPSA) is 40.5 Å². The molecule has 3 nitrogen and oxygen atoms in total. The lowest BCUT2D eigenvalue weighted by atomic mass is 10.1. The molecule has 0 saturated carbocycles. The van der Waals surface area contributed by atoms with Gasteiger partial charge in [-0.05, 0) is 24.5 Å². The molecule has 1 atom stereocenters. The highest BCUT2D eigenvalue weighted by Crippen LogP contribution is 2.29. The van der Waals surface area contributed by atoms with Crippen LogP contribution < -0.4 is 0 Å². The van der Waals surface area contributed by atoms with Crippen molar-refractivity contribution in [3.63, 3.8) is 0 Å². The first-order valence-electron chi connectivity index (χ1n) is 6.48. The van der Waals surface area contributed by atoms with Gasteiger partial charge in [0.15, 0.2) is 0 Å². The predicted octanol–water partition coefficient (Wildman–Crippen LogP) is 2.23. The van der Waals surface area contributed by atoms with Crippen LogP contribution in [-0.2, 0) is 17.4 Å². The first-order valence-corrected chi connectivity index (χ1v) is 6.48. The van der Waals surface area contributed by atoms with Crippen LogP contribution in [0, 0.1) is 0 Å². The van der Waals surface area contributed by atoms with Crippen LogP contribution in [0.3, 0.4) is 0 Å². The van der Waals surface area contributed by atoms with E-state index >= 15 is 0 Å². The summed E-state index contributed by atoms with van der Waals surface area (Å²) in [6.45, 7) is 0.456. The molecule has 1 aliphatic heterocycles. The molecule has 1 fully saturated rings. The summed E-state index contributed by atoms with van der Waals surface area (Å²) in [5.74, 6) is -0.235. The Kier molecular flexibility index (Phi) is 4.32. The SMILES string of the molecule is O=C(Cc1cccc(C(F)(F)F)c1)N1CCC[C@H]1CO. The average molecular weight is 287 g/mol. The number of aliphatic hydroxyl groups excluding tert-OH is 1. The summed E-state index contributed by atoms with van der Waals surface area (Å²) in [4.78, 5) is 13.6. The molecule has 0 radical (unpaired) electrons. The van der Waals surface area contributed by atoms with Gasteiger partial charge in [0, 0.05) is 6.54 Å². The second-order valence-corrected chi connectivity index (χ2v) is 4.94. The van der Waals surface area contributed by atoms with Crippen molar-refractivity contribution in [3.05, 3.63) is 35.4 Å². The van der Waals surface area contributed by atoms with Gasteiger partial charge in [0.1, 0.15) is 0 Å². The minimum Gasteiger partial charge on any atom is -0.394 e. The second kappa shape index (κ2) is 5.83. The minimum absolute atomic E-state index is 0.0690. The fourth-order valence-corrected chi connectivity index (χ4v) is 2.49. The highest BCUT2D eigenvalue weighted by Gasteiger charge is 2.31. The van der Waals surface area contributed by atoms with Crippen LogP contribution >= 0.6 is 0 Å². The van der Waals surface area contributed by atoms with Gasteiger partial charge in [-0.25, -0.2) is 0 Å². The van der Waals surface area contributed by atoms with Crippen LogP contribution in [0.5, 0.6) is 0 Å². The van der Waals surface area contributed by atoms with E-state index in [4.69, 9.17) is 5.11 Å². The zero-order valence-corrected chi connectivity index (χ0v) is 10.9. The molecule has 0 aromatic heterocycles. The summed E-state index contributed by atoms with van der Waals surface area (Å²) < 4.78 is 37.8. The Morgan fingerprint density at radius 2 is 2.15 bits per heavy atom. The van der Waals surface area contributed by atoms with Crippen molar-refractivity contribution in [1.82, 2.24) is 4.90 Å². The predicted molar refractivity (Wildman–Crippen MR) is 67.0 cm³/mol. The molecule has 2 rings (SSSR count). The third kappa shape index (κ3) is 3.30. The summed E-state index contributed by atoms with van der Waals surface area (Å²) in [5.41, 5.74) is -0.406. The largest absolute Gasteiger partial charge is 0.416 e. The molecule has 110 valence electrons. The van der Waals surface area contributed by atoms with Crippen LogP contribution in [-0.4, -0.2) is 35.1 Å². The molecule has 1 amide bonds. The molecule has 0 aliphatic carbocycles. The van der Waals surface area contributed by atoms with E-state index in [1.54, 1.807) is 4.90 Å². The third-order valence-corrected chi connectivity index (χ3v) is 3.52. The van der Waals surface area contributed by atoms with Crippen LogP contribution in [0.4, 0.5) is 13.2 Å². The summed E-state index contributed by atoms with van der Waals surface area (Å²) in [7, 11) is 0. The molecule has 0 bridgehead atoms. The molecule has 1 saturated heterocycles. The molecule has 6 heteroatoms. The molecule has 0 spiro atoms. The summed E-state index contributed by atoms with van der Waals surface area (Å²) in [5, 5.41) is 9.16. The van der Waals surface area contributed by atoms with E-state index in [2.05, 4.69) is 0 Å². The maximum absolute atomic E-state index is 12.6. The lowest BCUT2D eigenvalue weighted by molar-refractivity contribution is -0.138. The lowest BCUT2D eigenvalue weighted by Crippen LogP contribution is -2.38. The maximum atomic E-state index is 12.6. The minimum atomic E-state index is -4.40. The smallest absolute Gasteiger partial charge is 0.394 e. The lowest BCUT2D eigenvalue weighted by Gasteiger charge is -2.23. The normalized spacial score (nSPS) is 19.4.